The highest BCUT2D eigenvalue weighted by Crippen LogP contribution is 2.30. The molecule has 0 saturated heterocycles. The van der Waals surface area contributed by atoms with E-state index in [0.29, 0.717) is 10.8 Å². The Morgan fingerprint density at radius 2 is 1.95 bits per heavy atom. The van der Waals surface area contributed by atoms with Crippen molar-refractivity contribution in [1.82, 2.24) is 20.2 Å². The van der Waals surface area contributed by atoms with Gasteiger partial charge >= 0.3 is 6.18 Å². The summed E-state index contributed by atoms with van der Waals surface area (Å²) < 4.78 is 38.8. The van der Waals surface area contributed by atoms with Crippen molar-refractivity contribution in [2.75, 3.05) is 5.32 Å². The first-order chi connectivity index (χ1) is 10.3. The lowest BCUT2D eigenvalue weighted by atomic mass is 10.2. The molecule has 0 spiro atoms. The molecule has 0 unspecified atom stereocenters. The number of aryl methyl sites for hydroxylation is 1. The number of nitrogens with zero attached hydrogens (tertiary/aromatic N) is 4. The number of tetrazole rings is 1. The van der Waals surface area contributed by atoms with Gasteiger partial charge in [-0.05, 0) is 41.6 Å². The molecule has 1 aromatic heterocycles. The molecule has 22 heavy (non-hydrogen) atoms. The molecule has 118 valence electrons. The smallest absolute Gasteiger partial charge is 0.325 e. The van der Waals surface area contributed by atoms with Crippen molar-refractivity contribution >= 4 is 23.4 Å². The van der Waals surface area contributed by atoms with Crippen LogP contribution < -0.4 is 5.32 Å². The zero-order valence-corrected chi connectivity index (χ0v) is 12.4. The summed E-state index contributed by atoms with van der Waals surface area (Å²) in [5.74, 6) is -0.354. The normalized spacial score (nSPS) is 13.0. The van der Waals surface area contributed by atoms with Crippen LogP contribution in [0.25, 0.3) is 0 Å². The van der Waals surface area contributed by atoms with Crippen LogP contribution in [-0.2, 0) is 18.0 Å². The summed E-state index contributed by atoms with van der Waals surface area (Å²) in [4.78, 5) is 12.0. The molecule has 0 aliphatic heterocycles. The first-order valence-corrected chi connectivity index (χ1v) is 7.02. The first kappa shape index (κ1) is 16.3. The molecule has 2 rings (SSSR count). The summed E-state index contributed by atoms with van der Waals surface area (Å²) in [5.41, 5.74) is -0.473. The third-order valence-electron chi connectivity index (χ3n) is 2.71. The Morgan fingerprint density at radius 1 is 1.32 bits per heavy atom. The Kier molecular flexibility index (Phi) is 4.69. The summed E-state index contributed by atoms with van der Waals surface area (Å²) in [7, 11) is 1.64. The summed E-state index contributed by atoms with van der Waals surface area (Å²) in [6, 6.07) is 4.25. The van der Waals surface area contributed by atoms with Crippen LogP contribution in [0.4, 0.5) is 18.9 Å². The van der Waals surface area contributed by atoms with Crippen LogP contribution in [-0.4, -0.2) is 31.4 Å². The number of carbonyl (C=O) groups is 1. The van der Waals surface area contributed by atoms with Gasteiger partial charge in [0.05, 0.1) is 10.8 Å². The van der Waals surface area contributed by atoms with Crippen LogP contribution in [0.5, 0.6) is 0 Å². The van der Waals surface area contributed by atoms with Gasteiger partial charge in [-0.15, -0.1) is 5.10 Å². The number of carbonyl (C=O) groups excluding carboxylic acids is 1. The number of aromatic nitrogens is 4. The second kappa shape index (κ2) is 6.34. The Bertz CT molecular complexity index is 656. The quantitative estimate of drug-likeness (QED) is 0.871. The maximum Gasteiger partial charge on any atom is 0.416 e. The number of benzene rings is 1. The molecule has 10 heteroatoms. The van der Waals surface area contributed by atoms with Gasteiger partial charge in [-0.25, -0.2) is 4.68 Å². The molecule has 1 aromatic carbocycles. The van der Waals surface area contributed by atoms with Crippen LogP contribution in [0.3, 0.4) is 0 Å². The van der Waals surface area contributed by atoms with Crippen molar-refractivity contribution in [2.24, 2.45) is 7.05 Å². The highest BCUT2D eigenvalue weighted by molar-refractivity contribution is 8.00. The standard InChI is InChI=1S/C12H12F3N5OS/c1-7(22-11-17-18-19-20(11)2)10(21)16-9-5-3-8(4-6-9)12(13,14)15/h3-7H,1-2H3,(H,16,21)/t7-/m1/s1. The number of rotatable bonds is 4. The minimum absolute atomic E-state index is 0.293. The average Bonchev–Trinajstić information content (AvgIpc) is 2.84. The summed E-state index contributed by atoms with van der Waals surface area (Å²) in [6.07, 6.45) is -4.40. The van der Waals surface area contributed by atoms with Crippen LogP contribution in [0, 0.1) is 0 Å². The predicted molar refractivity (Wildman–Crippen MR) is 74.2 cm³/mol. The molecule has 1 atom stereocenters. The number of halogens is 3. The van der Waals surface area contributed by atoms with Crippen molar-refractivity contribution < 1.29 is 18.0 Å². The van der Waals surface area contributed by atoms with Crippen molar-refractivity contribution in [2.45, 2.75) is 23.5 Å². The van der Waals surface area contributed by atoms with Crippen molar-refractivity contribution in [3.05, 3.63) is 29.8 Å². The summed E-state index contributed by atoms with van der Waals surface area (Å²) in [6.45, 7) is 1.65. The van der Waals surface area contributed by atoms with E-state index in [1.54, 1.807) is 14.0 Å². The molecule has 0 radical (unpaired) electrons. The molecule has 0 saturated carbocycles. The van der Waals surface area contributed by atoms with E-state index in [4.69, 9.17) is 0 Å². The molecule has 0 bridgehead atoms. The number of hydrogen-bond donors (Lipinski definition) is 1. The maximum absolute atomic E-state index is 12.4. The van der Waals surface area contributed by atoms with E-state index in [9.17, 15) is 18.0 Å². The van der Waals surface area contributed by atoms with Crippen molar-refractivity contribution in [3.63, 3.8) is 0 Å². The van der Waals surface area contributed by atoms with E-state index >= 15 is 0 Å². The number of nitrogens with one attached hydrogen (secondary N) is 1. The van der Waals surface area contributed by atoms with Crippen LogP contribution in [0.1, 0.15) is 12.5 Å². The number of alkyl halides is 3. The molecule has 2 aromatic rings. The van der Waals surface area contributed by atoms with Gasteiger partial charge in [0.15, 0.2) is 0 Å². The lowest BCUT2D eigenvalue weighted by Gasteiger charge is -2.12. The molecular weight excluding hydrogens is 319 g/mol. The van der Waals surface area contributed by atoms with E-state index in [1.807, 2.05) is 0 Å². The van der Waals surface area contributed by atoms with Gasteiger partial charge in [-0.2, -0.15) is 13.2 Å². The van der Waals surface area contributed by atoms with Gasteiger partial charge in [0.1, 0.15) is 0 Å². The first-order valence-electron chi connectivity index (χ1n) is 6.14. The Morgan fingerprint density at radius 3 is 2.45 bits per heavy atom. The molecule has 1 amide bonds. The SMILES string of the molecule is C[C@@H](Sc1nnnn1C)C(=O)Nc1ccc(C(F)(F)F)cc1. The van der Waals surface area contributed by atoms with E-state index in [1.165, 1.54) is 16.8 Å². The fourth-order valence-corrected chi connectivity index (χ4v) is 2.27. The maximum atomic E-state index is 12.4. The average molecular weight is 331 g/mol. The van der Waals surface area contributed by atoms with Crippen molar-refractivity contribution in [1.29, 1.82) is 0 Å². The largest absolute Gasteiger partial charge is 0.416 e. The second-order valence-corrected chi connectivity index (χ2v) is 5.72. The molecule has 6 nitrogen and oxygen atoms in total. The van der Waals surface area contributed by atoms with Gasteiger partial charge in [0.25, 0.3) is 0 Å². The highest BCUT2D eigenvalue weighted by Gasteiger charge is 2.30. The lowest BCUT2D eigenvalue weighted by Crippen LogP contribution is -2.23. The molecular formula is C12H12F3N5OS. The third-order valence-corrected chi connectivity index (χ3v) is 3.84. The van der Waals surface area contributed by atoms with Crippen LogP contribution in [0.2, 0.25) is 0 Å². The number of anilines is 1. The zero-order valence-electron chi connectivity index (χ0n) is 11.6. The summed E-state index contributed by atoms with van der Waals surface area (Å²) >= 11 is 1.15. The topological polar surface area (TPSA) is 72.7 Å². The number of amides is 1. The molecule has 0 aliphatic rings. The Labute approximate surface area is 128 Å². The number of hydrogen-bond acceptors (Lipinski definition) is 5. The predicted octanol–water partition coefficient (Wildman–Crippen LogP) is 2.35. The van der Waals surface area contributed by atoms with E-state index in [0.717, 1.165) is 23.9 Å². The van der Waals surface area contributed by atoms with Gasteiger partial charge < -0.3 is 5.32 Å². The molecule has 0 fully saturated rings. The zero-order chi connectivity index (χ0) is 16.3. The summed E-state index contributed by atoms with van der Waals surface area (Å²) in [5, 5.41) is 13.3. The van der Waals surface area contributed by atoms with Crippen LogP contribution >= 0.6 is 11.8 Å². The number of thioether (sulfide) groups is 1. The second-order valence-electron chi connectivity index (χ2n) is 4.41. The molecule has 1 heterocycles. The van der Waals surface area contributed by atoms with Crippen LogP contribution in [0.15, 0.2) is 29.4 Å². The lowest BCUT2D eigenvalue weighted by molar-refractivity contribution is -0.137. The minimum atomic E-state index is -4.40. The highest BCUT2D eigenvalue weighted by atomic mass is 32.2. The molecule has 1 N–H and O–H groups in total. The molecule has 0 aliphatic carbocycles. The van der Waals surface area contributed by atoms with Gasteiger partial charge in [-0.1, -0.05) is 11.8 Å². The monoisotopic (exact) mass is 331 g/mol. The van der Waals surface area contributed by atoms with E-state index < -0.39 is 17.0 Å². The Balaban J connectivity index is 1.98. The third kappa shape index (κ3) is 3.97. The van der Waals surface area contributed by atoms with Gasteiger partial charge in [-0.3, -0.25) is 4.79 Å². The van der Waals surface area contributed by atoms with Crippen molar-refractivity contribution in [3.8, 4) is 0 Å². The van der Waals surface area contributed by atoms with E-state index in [-0.39, 0.29) is 5.91 Å². The Hall–Kier alpha value is -2.10. The fraction of sp³-hybridized carbons (Fsp3) is 0.333. The van der Waals surface area contributed by atoms with Gasteiger partial charge in [0, 0.05) is 12.7 Å². The van der Waals surface area contributed by atoms with E-state index in [2.05, 4.69) is 20.8 Å². The minimum Gasteiger partial charge on any atom is -0.325 e. The fourth-order valence-electron chi connectivity index (χ4n) is 1.52. The van der Waals surface area contributed by atoms with Gasteiger partial charge in [0.2, 0.25) is 11.1 Å².